The molecule has 0 unspecified atom stereocenters. The number of H-pyrrole nitrogens is 1. The van der Waals surface area contributed by atoms with E-state index in [9.17, 15) is 4.79 Å². The van der Waals surface area contributed by atoms with Gasteiger partial charge in [-0.1, -0.05) is 24.3 Å². The van der Waals surface area contributed by atoms with Crippen LogP contribution < -0.4 is 15.5 Å². The van der Waals surface area contributed by atoms with Gasteiger partial charge in [-0.3, -0.25) is 4.79 Å². The summed E-state index contributed by atoms with van der Waals surface area (Å²) in [7, 11) is 2.05. The first-order valence-electron chi connectivity index (χ1n) is 8.45. The Balaban J connectivity index is 1.82. The number of benzene rings is 2. The molecule has 0 aliphatic carbocycles. The number of anilines is 1. The Morgan fingerprint density at radius 3 is 2.70 bits per heavy atom. The summed E-state index contributed by atoms with van der Waals surface area (Å²) < 4.78 is 11.3. The predicted octanol–water partition coefficient (Wildman–Crippen LogP) is 2.90. The third-order valence-electron chi connectivity index (χ3n) is 4.24. The summed E-state index contributed by atoms with van der Waals surface area (Å²) in [4.78, 5) is 23.0. The van der Waals surface area contributed by atoms with E-state index in [0.29, 0.717) is 36.0 Å². The predicted molar refractivity (Wildman–Crippen MR) is 107 cm³/mol. The van der Waals surface area contributed by atoms with Crippen molar-refractivity contribution in [2.24, 2.45) is 0 Å². The lowest BCUT2D eigenvalue weighted by molar-refractivity contribution is 0.446. The number of aryl methyl sites for hydroxylation is 1. The smallest absolute Gasteiger partial charge is 0.393 e. The van der Waals surface area contributed by atoms with E-state index in [-0.39, 0.29) is 5.56 Å². The quantitative estimate of drug-likeness (QED) is 0.532. The number of hydrogen-bond acceptors (Lipinski definition) is 6. The van der Waals surface area contributed by atoms with Crippen molar-refractivity contribution in [2.45, 2.75) is 6.92 Å². The summed E-state index contributed by atoms with van der Waals surface area (Å²) in [5.41, 5.74) is 1.97. The maximum absolute atomic E-state index is 11.8. The Labute approximate surface area is 155 Å². The Bertz CT molecular complexity index is 1190. The molecule has 0 aliphatic heterocycles. The summed E-state index contributed by atoms with van der Waals surface area (Å²) in [6.07, 6.45) is 1.58. The first-order chi connectivity index (χ1) is 13.2. The number of rotatable bonds is 5. The molecule has 0 aliphatic rings. The van der Waals surface area contributed by atoms with Gasteiger partial charge in [-0.15, -0.1) is 0 Å². The zero-order valence-corrected chi connectivity index (χ0v) is 14.9. The fourth-order valence-corrected chi connectivity index (χ4v) is 2.92. The molecule has 0 radical (unpaired) electrons. The molecule has 4 aromatic rings. The highest BCUT2D eigenvalue weighted by molar-refractivity contribution is 6.33. The van der Waals surface area contributed by atoms with Crippen molar-refractivity contribution in [2.75, 3.05) is 12.3 Å². The van der Waals surface area contributed by atoms with E-state index in [1.54, 1.807) is 26.3 Å². The molecule has 27 heavy (non-hydrogen) atoms. The minimum Gasteiger partial charge on any atom is -0.454 e. The fourth-order valence-electron chi connectivity index (χ4n) is 2.92. The average molecular weight is 360 g/mol. The van der Waals surface area contributed by atoms with Gasteiger partial charge in [0.15, 0.2) is 11.4 Å². The molecule has 0 saturated carbocycles. The first kappa shape index (κ1) is 17.1. The molecule has 7 nitrogen and oxygen atoms in total. The molecule has 4 rings (SSSR count). The van der Waals surface area contributed by atoms with Gasteiger partial charge in [0.25, 0.3) is 5.56 Å². The van der Waals surface area contributed by atoms with Crippen LogP contribution in [0.25, 0.3) is 21.9 Å². The summed E-state index contributed by atoms with van der Waals surface area (Å²) in [6.45, 7) is 1.65. The Hall–Kier alpha value is -3.39. The van der Waals surface area contributed by atoms with Crippen LogP contribution in [0.4, 0.5) is 5.69 Å². The van der Waals surface area contributed by atoms with Gasteiger partial charge in [0.1, 0.15) is 17.0 Å². The lowest BCUT2D eigenvalue weighted by Gasteiger charge is -2.14. The monoisotopic (exact) mass is 360 g/mol. The molecule has 0 atom stereocenters. The number of aromatic nitrogens is 3. The first-order valence-corrected chi connectivity index (χ1v) is 8.45. The highest BCUT2D eigenvalue weighted by Gasteiger charge is 2.12. The lowest BCUT2D eigenvalue weighted by atomic mass is 10.1. The van der Waals surface area contributed by atoms with Crippen molar-refractivity contribution < 1.29 is 9.39 Å². The number of nitrogens with zero attached hydrogens (tertiary/aromatic N) is 2. The van der Waals surface area contributed by atoms with Crippen molar-refractivity contribution in [3.63, 3.8) is 0 Å². The molecule has 0 saturated heterocycles. The topological polar surface area (TPSA) is 89.1 Å². The second kappa shape index (κ2) is 7.09. The average Bonchev–Trinajstić information content (AvgIpc) is 2.69. The van der Waals surface area contributed by atoms with Crippen LogP contribution >= 0.6 is 0 Å². The molecule has 2 aromatic carbocycles. The number of nitrogens with one attached hydrogen (secondary N) is 2. The highest BCUT2D eigenvalue weighted by Crippen LogP contribution is 2.35. The van der Waals surface area contributed by atoms with E-state index in [1.165, 1.54) is 0 Å². The Morgan fingerprint density at radius 2 is 1.89 bits per heavy atom. The zero-order valence-electron chi connectivity index (χ0n) is 14.9. The molecule has 0 fully saturated rings. The number of ether oxygens (including phenoxy) is 1. The maximum Gasteiger partial charge on any atom is 0.393 e. The van der Waals surface area contributed by atoms with Crippen LogP contribution in [0.1, 0.15) is 5.69 Å². The van der Waals surface area contributed by atoms with Crippen LogP contribution in [-0.2, 0) is 4.65 Å². The van der Waals surface area contributed by atoms with Crippen molar-refractivity contribution in [3.05, 3.63) is 64.7 Å². The molecule has 2 heterocycles. The molecule has 8 heteroatoms. The van der Waals surface area contributed by atoms with Crippen LogP contribution in [0.15, 0.2) is 53.5 Å². The molecule has 0 amide bonds. The zero-order chi connectivity index (χ0) is 18.8. The molecule has 134 valence electrons. The minimum atomic E-state index is -0.258. The summed E-state index contributed by atoms with van der Waals surface area (Å²) in [6, 6.07) is 13.5. The number of fused-ring (bicyclic) bond motifs is 2. The van der Waals surface area contributed by atoms with E-state index < -0.39 is 0 Å². The Kier molecular flexibility index (Phi) is 4.47. The minimum absolute atomic E-state index is 0.258. The van der Waals surface area contributed by atoms with Crippen molar-refractivity contribution in [1.29, 1.82) is 0 Å². The van der Waals surface area contributed by atoms with Crippen LogP contribution in [0.5, 0.6) is 11.5 Å². The van der Waals surface area contributed by atoms with Crippen LogP contribution in [0.3, 0.4) is 0 Å². The van der Waals surface area contributed by atoms with E-state index >= 15 is 0 Å². The van der Waals surface area contributed by atoms with E-state index in [4.69, 9.17) is 9.39 Å². The van der Waals surface area contributed by atoms with Gasteiger partial charge in [0.2, 0.25) is 0 Å². The fraction of sp³-hybridized carbons (Fsp3) is 0.105. The molecular weight excluding hydrogens is 343 g/mol. The van der Waals surface area contributed by atoms with Crippen molar-refractivity contribution in [1.82, 2.24) is 15.0 Å². The normalized spacial score (nSPS) is 10.9. The third kappa shape index (κ3) is 3.22. The van der Waals surface area contributed by atoms with E-state index in [1.807, 2.05) is 36.4 Å². The van der Waals surface area contributed by atoms with Gasteiger partial charge in [-0.25, -0.2) is 9.97 Å². The lowest BCUT2D eigenvalue weighted by Crippen LogP contribution is -2.12. The van der Waals surface area contributed by atoms with Crippen molar-refractivity contribution >= 4 is 35.2 Å². The van der Waals surface area contributed by atoms with E-state index in [0.717, 1.165) is 16.5 Å². The van der Waals surface area contributed by atoms with Crippen LogP contribution in [0, 0.1) is 6.92 Å². The third-order valence-corrected chi connectivity index (χ3v) is 4.24. The summed E-state index contributed by atoms with van der Waals surface area (Å²) in [5.74, 6) is 1.22. The molecule has 0 bridgehead atoms. The second-order valence-electron chi connectivity index (χ2n) is 6.03. The standard InChI is InChI=1S/C19H17BN4O3/c1-11-19(25)23-18-17(22-11)16(9-10-21-18)27-15-8-7-14(24-20-26-2)12-5-3-4-6-13(12)15/h3-10,20,24H,1-2H3,(H,21,23,25). The molecular formula is C19H17BN4O3. The van der Waals surface area contributed by atoms with Gasteiger partial charge in [0, 0.05) is 35.8 Å². The number of aromatic amines is 1. The largest absolute Gasteiger partial charge is 0.454 e. The van der Waals surface area contributed by atoms with Gasteiger partial charge in [-0.2, -0.15) is 0 Å². The number of hydrogen-bond donors (Lipinski definition) is 2. The van der Waals surface area contributed by atoms with Gasteiger partial charge < -0.3 is 19.6 Å². The van der Waals surface area contributed by atoms with Crippen molar-refractivity contribution in [3.8, 4) is 11.5 Å². The van der Waals surface area contributed by atoms with E-state index in [2.05, 4.69) is 20.2 Å². The molecule has 2 aromatic heterocycles. The summed E-state index contributed by atoms with van der Waals surface area (Å²) in [5, 5.41) is 5.20. The summed E-state index contributed by atoms with van der Waals surface area (Å²) >= 11 is 0. The van der Waals surface area contributed by atoms with Crippen LogP contribution in [0.2, 0.25) is 0 Å². The highest BCUT2D eigenvalue weighted by atomic mass is 16.5. The van der Waals surface area contributed by atoms with Gasteiger partial charge in [0.05, 0.1) is 0 Å². The van der Waals surface area contributed by atoms with Gasteiger partial charge >= 0.3 is 7.62 Å². The maximum atomic E-state index is 11.8. The SMILES string of the molecule is COBNc1ccc(Oc2ccnc3[nH]c(=O)c(C)nc23)c2ccccc12. The van der Waals surface area contributed by atoms with Crippen LogP contribution in [-0.4, -0.2) is 29.7 Å². The second-order valence-corrected chi connectivity index (χ2v) is 6.03. The molecule has 0 spiro atoms. The molecule has 2 N–H and O–H groups in total. The number of pyridine rings is 1. The Morgan fingerprint density at radius 1 is 1.07 bits per heavy atom. The van der Waals surface area contributed by atoms with Gasteiger partial charge in [-0.05, 0) is 19.1 Å².